The van der Waals surface area contributed by atoms with Gasteiger partial charge in [0.05, 0.1) is 54.1 Å². The summed E-state index contributed by atoms with van der Waals surface area (Å²) in [4.78, 5) is 22.0. The maximum absolute atomic E-state index is 11.0. The highest BCUT2D eigenvalue weighted by molar-refractivity contribution is 5.75. The van der Waals surface area contributed by atoms with E-state index >= 15 is 0 Å². The van der Waals surface area contributed by atoms with E-state index < -0.39 is 0 Å². The number of carbonyl (C=O) groups is 2. The molecule has 0 radical (unpaired) electrons. The molecule has 0 saturated carbocycles. The van der Waals surface area contributed by atoms with Crippen molar-refractivity contribution in [3.05, 3.63) is 0 Å². The van der Waals surface area contributed by atoms with Crippen LogP contribution < -0.4 is 0 Å². The molecule has 0 fully saturated rings. The van der Waals surface area contributed by atoms with Gasteiger partial charge in [-0.15, -0.1) is 0 Å². The molecule has 4 nitrogen and oxygen atoms in total. The van der Waals surface area contributed by atoms with Gasteiger partial charge in [0, 0.05) is 0 Å². The molecule has 0 aliphatic rings. The third-order valence-electron chi connectivity index (χ3n) is 3.45. The Balaban J connectivity index is 4.11. The molecule has 0 aromatic rings. The smallest absolute Gasteiger partial charge is 0.135 e. The van der Waals surface area contributed by atoms with Crippen molar-refractivity contribution in [2.75, 3.05) is 54.4 Å². The molecule has 0 N–H and O–H groups in total. The molecule has 0 atom stereocenters. The van der Waals surface area contributed by atoms with Gasteiger partial charge in [-0.2, -0.15) is 0 Å². The van der Waals surface area contributed by atoms with Crippen LogP contribution in [0.15, 0.2) is 0 Å². The first kappa shape index (κ1) is 17.3. The summed E-state index contributed by atoms with van der Waals surface area (Å²) < 4.78 is 1.72. The number of quaternary nitrogens is 2. The van der Waals surface area contributed by atoms with E-state index in [0.717, 1.165) is 35.1 Å². The van der Waals surface area contributed by atoms with Crippen LogP contribution in [0.2, 0.25) is 0 Å². The topological polar surface area (TPSA) is 34.1 Å². The average Bonchev–Trinajstić information content (AvgIpc) is 2.22. The van der Waals surface area contributed by atoms with E-state index in [2.05, 4.69) is 28.2 Å². The van der Waals surface area contributed by atoms with Crippen molar-refractivity contribution in [1.82, 2.24) is 0 Å². The minimum absolute atomic E-state index is 0.256. The molecule has 0 rings (SSSR count). The van der Waals surface area contributed by atoms with Crippen LogP contribution >= 0.6 is 0 Å². The highest BCUT2D eigenvalue weighted by Crippen LogP contribution is 2.05. The highest BCUT2D eigenvalue weighted by atomic mass is 16.1. The van der Waals surface area contributed by atoms with E-state index in [1.165, 1.54) is 0 Å². The fourth-order valence-corrected chi connectivity index (χ4v) is 1.69. The summed E-state index contributed by atoms with van der Waals surface area (Å²) in [5.74, 6) is 0.512. The van der Waals surface area contributed by atoms with Crippen LogP contribution in [0.4, 0.5) is 0 Å². The minimum atomic E-state index is 0.256. The zero-order chi connectivity index (χ0) is 14.4. The number of likely N-dealkylation sites (N-methyl/N-ethyl adjacent to an activating group) is 2. The Morgan fingerprint density at radius 1 is 0.667 bits per heavy atom. The van der Waals surface area contributed by atoms with E-state index in [-0.39, 0.29) is 11.6 Å². The van der Waals surface area contributed by atoms with Crippen molar-refractivity contribution in [2.24, 2.45) is 0 Å². The Hall–Kier alpha value is -0.740. The number of hydrogen-bond donors (Lipinski definition) is 0. The SMILES string of the molecule is CC(=O)CC[N+](C)(C)CC[N+](C)(C)CCC(C)=O. The van der Waals surface area contributed by atoms with E-state index in [1.54, 1.807) is 13.8 Å². The van der Waals surface area contributed by atoms with Crippen molar-refractivity contribution in [3.8, 4) is 0 Å². The first-order valence-electron chi connectivity index (χ1n) is 6.67. The lowest BCUT2D eigenvalue weighted by Crippen LogP contribution is -2.51. The minimum Gasteiger partial charge on any atom is -0.323 e. The number of nitrogens with zero attached hydrogens (tertiary/aromatic N) is 2. The molecule has 0 amide bonds. The van der Waals surface area contributed by atoms with Crippen LogP contribution in [0.1, 0.15) is 26.7 Å². The second kappa shape index (κ2) is 7.00. The predicted molar refractivity (Wildman–Crippen MR) is 74.3 cm³/mol. The van der Waals surface area contributed by atoms with Gasteiger partial charge in [0.2, 0.25) is 0 Å². The molecule has 0 aromatic heterocycles. The van der Waals surface area contributed by atoms with Gasteiger partial charge in [0.1, 0.15) is 24.7 Å². The Morgan fingerprint density at radius 2 is 0.944 bits per heavy atom. The van der Waals surface area contributed by atoms with Crippen molar-refractivity contribution in [2.45, 2.75) is 26.7 Å². The van der Waals surface area contributed by atoms with Crippen LogP contribution in [0.3, 0.4) is 0 Å². The van der Waals surface area contributed by atoms with E-state index in [0.29, 0.717) is 12.8 Å². The Kier molecular flexibility index (Phi) is 6.71. The predicted octanol–water partition coefficient (Wildman–Crippen LogP) is 1.10. The first-order chi connectivity index (χ1) is 8.04. The van der Waals surface area contributed by atoms with Crippen molar-refractivity contribution >= 4 is 11.6 Å². The molecular weight excluding hydrogens is 228 g/mol. The number of Topliss-reactive ketones (excluding diaryl/α,β-unsaturated/α-hetero) is 2. The lowest BCUT2D eigenvalue weighted by atomic mass is 10.2. The van der Waals surface area contributed by atoms with Gasteiger partial charge in [-0.25, -0.2) is 0 Å². The van der Waals surface area contributed by atoms with Gasteiger partial charge >= 0.3 is 0 Å². The molecule has 0 aliphatic heterocycles. The monoisotopic (exact) mass is 258 g/mol. The van der Waals surface area contributed by atoms with Gasteiger partial charge in [-0.3, -0.25) is 9.59 Å². The first-order valence-corrected chi connectivity index (χ1v) is 6.67. The molecule has 0 heterocycles. The summed E-state index contributed by atoms with van der Waals surface area (Å²) in [5, 5.41) is 0. The molecule has 0 bridgehead atoms. The zero-order valence-corrected chi connectivity index (χ0v) is 13.0. The molecule has 18 heavy (non-hydrogen) atoms. The molecule has 106 valence electrons. The summed E-state index contributed by atoms with van der Waals surface area (Å²) >= 11 is 0. The van der Waals surface area contributed by atoms with Crippen LogP contribution in [-0.4, -0.2) is 74.9 Å². The summed E-state index contributed by atoms with van der Waals surface area (Å²) in [6.45, 7) is 7.13. The largest absolute Gasteiger partial charge is 0.323 e. The van der Waals surface area contributed by atoms with Gasteiger partial charge in [-0.1, -0.05) is 0 Å². The van der Waals surface area contributed by atoms with Crippen molar-refractivity contribution in [3.63, 3.8) is 0 Å². The standard InChI is InChI=1S/C14H30N2O2/c1-13(17)7-9-15(3,4)11-12-16(5,6)10-8-14(2)18/h7-12H2,1-6H3/q+2. The number of rotatable bonds is 9. The van der Waals surface area contributed by atoms with E-state index in [9.17, 15) is 9.59 Å². The van der Waals surface area contributed by atoms with Gasteiger partial charge < -0.3 is 8.97 Å². The fourth-order valence-electron chi connectivity index (χ4n) is 1.69. The van der Waals surface area contributed by atoms with Crippen molar-refractivity contribution in [1.29, 1.82) is 0 Å². The number of hydrogen-bond acceptors (Lipinski definition) is 2. The van der Waals surface area contributed by atoms with Gasteiger partial charge in [0.25, 0.3) is 0 Å². The highest BCUT2D eigenvalue weighted by Gasteiger charge is 2.23. The second-order valence-electron chi connectivity index (χ2n) is 6.67. The van der Waals surface area contributed by atoms with E-state index in [4.69, 9.17) is 0 Å². The fraction of sp³-hybridized carbons (Fsp3) is 0.857. The quantitative estimate of drug-likeness (QED) is 0.580. The lowest BCUT2D eigenvalue weighted by molar-refractivity contribution is -0.945. The molecule has 0 saturated heterocycles. The number of carbonyl (C=O) groups excluding carboxylic acids is 2. The average molecular weight is 258 g/mol. The Morgan fingerprint density at radius 3 is 1.17 bits per heavy atom. The molecular formula is C14H30N2O2+2. The maximum Gasteiger partial charge on any atom is 0.135 e. The van der Waals surface area contributed by atoms with Crippen LogP contribution in [0, 0.1) is 0 Å². The van der Waals surface area contributed by atoms with Crippen LogP contribution in [0.5, 0.6) is 0 Å². The summed E-state index contributed by atoms with van der Waals surface area (Å²) in [6.07, 6.45) is 1.29. The molecule has 4 heteroatoms. The second-order valence-corrected chi connectivity index (χ2v) is 6.67. The van der Waals surface area contributed by atoms with Gasteiger partial charge in [-0.05, 0) is 13.8 Å². The number of ketones is 2. The summed E-state index contributed by atoms with van der Waals surface area (Å²) in [6, 6.07) is 0. The Labute approximate surface area is 112 Å². The molecule has 0 aromatic carbocycles. The van der Waals surface area contributed by atoms with Gasteiger partial charge in [0.15, 0.2) is 0 Å². The van der Waals surface area contributed by atoms with E-state index in [1.807, 2.05) is 0 Å². The molecule has 0 unspecified atom stereocenters. The normalized spacial score (nSPS) is 12.6. The zero-order valence-electron chi connectivity index (χ0n) is 13.0. The summed E-state index contributed by atoms with van der Waals surface area (Å²) in [5.41, 5.74) is 0. The van der Waals surface area contributed by atoms with Crippen molar-refractivity contribution < 1.29 is 18.6 Å². The third kappa shape index (κ3) is 9.31. The molecule has 0 aliphatic carbocycles. The lowest BCUT2D eigenvalue weighted by Gasteiger charge is -2.35. The Bertz CT molecular complexity index is 266. The maximum atomic E-state index is 11.0. The van der Waals surface area contributed by atoms with Crippen LogP contribution in [0.25, 0.3) is 0 Å². The van der Waals surface area contributed by atoms with Crippen LogP contribution in [-0.2, 0) is 9.59 Å². The third-order valence-corrected chi connectivity index (χ3v) is 3.45. The molecule has 0 spiro atoms. The summed E-state index contributed by atoms with van der Waals surface area (Å²) in [7, 11) is 8.64.